The molecule has 0 spiro atoms. The van der Waals surface area contributed by atoms with Crippen molar-refractivity contribution in [1.82, 2.24) is 4.90 Å². The van der Waals surface area contributed by atoms with Crippen LogP contribution in [0, 0.1) is 5.92 Å². The molecule has 1 unspecified atom stereocenters. The van der Waals surface area contributed by atoms with Gasteiger partial charge in [0.15, 0.2) is 0 Å². The minimum absolute atomic E-state index is 0.113. The van der Waals surface area contributed by atoms with Gasteiger partial charge in [0.1, 0.15) is 6.23 Å². The first-order chi connectivity index (χ1) is 4.79. The van der Waals surface area contributed by atoms with Gasteiger partial charge in [-0.3, -0.25) is 4.79 Å². The average molecular weight is 141 g/mol. The van der Waals surface area contributed by atoms with E-state index in [1.165, 1.54) is 0 Å². The molecule has 2 fully saturated rings. The van der Waals surface area contributed by atoms with Crippen LogP contribution in [-0.4, -0.2) is 30.2 Å². The van der Waals surface area contributed by atoms with Crippen molar-refractivity contribution in [2.45, 2.75) is 19.6 Å². The molecular formula is C7H11NO2. The van der Waals surface area contributed by atoms with Crippen molar-refractivity contribution >= 4 is 5.91 Å². The number of carbonyl (C=O) groups is 1. The summed E-state index contributed by atoms with van der Waals surface area (Å²) in [5.74, 6) is 0.452. The summed E-state index contributed by atoms with van der Waals surface area (Å²) in [5, 5.41) is 0. The Hall–Kier alpha value is -0.570. The van der Waals surface area contributed by atoms with Gasteiger partial charge in [-0.1, -0.05) is 6.92 Å². The minimum Gasteiger partial charge on any atom is -0.356 e. The van der Waals surface area contributed by atoms with E-state index in [0.29, 0.717) is 0 Å². The van der Waals surface area contributed by atoms with E-state index in [2.05, 4.69) is 0 Å². The Bertz CT molecular complexity index is 169. The summed E-state index contributed by atoms with van der Waals surface area (Å²) >= 11 is 0. The van der Waals surface area contributed by atoms with Crippen molar-refractivity contribution in [3.05, 3.63) is 0 Å². The Morgan fingerprint density at radius 3 is 3.20 bits per heavy atom. The normalized spacial score (nSPS) is 38.9. The SMILES string of the molecule is CC1C[C@H]2OCCN2C1=O. The zero-order chi connectivity index (χ0) is 7.14. The van der Waals surface area contributed by atoms with Crippen molar-refractivity contribution in [2.24, 2.45) is 5.92 Å². The molecule has 0 radical (unpaired) electrons. The molecule has 2 atom stereocenters. The van der Waals surface area contributed by atoms with Crippen molar-refractivity contribution in [3.63, 3.8) is 0 Å². The topological polar surface area (TPSA) is 29.5 Å². The lowest BCUT2D eigenvalue weighted by Gasteiger charge is -2.11. The lowest BCUT2D eigenvalue weighted by Crippen LogP contribution is -2.28. The number of carbonyl (C=O) groups excluding carboxylic acids is 1. The predicted molar refractivity (Wildman–Crippen MR) is 35.2 cm³/mol. The molecule has 2 aliphatic rings. The summed E-state index contributed by atoms with van der Waals surface area (Å²) in [7, 11) is 0. The Balaban J connectivity index is 2.17. The summed E-state index contributed by atoms with van der Waals surface area (Å²) in [6, 6.07) is 0. The quantitative estimate of drug-likeness (QED) is 0.482. The molecule has 2 aliphatic heterocycles. The van der Waals surface area contributed by atoms with Gasteiger partial charge in [-0.15, -0.1) is 0 Å². The fraction of sp³-hybridized carbons (Fsp3) is 0.857. The number of ether oxygens (including phenoxy) is 1. The van der Waals surface area contributed by atoms with Crippen LogP contribution in [0.3, 0.4) is 0 Å². The molecule has 2 rings (SSSR count). The summed E-state index contributed by atoms with van der Waals surface area (Å²) in [4.78, 5) is 13.1. The van der Waals surface area contributed by atoms with E-state index in [1.807, 2.05) is 11.8 Å². The smallest absolute Gasteiger partial charge is 0.227 e. The number of rotatable bonds is 0. The van der Waals surface area contributed by atoms with Crippen LogP contribution in [0.2, 0.25) is 0 Å². The van der Waals surface area contributed by atoms with E-state index >= 15 is 0 Å². The van der Waals surface area contributed by atoms with Gasteiger partial charge in [-0.05, 0) is 0 Å². The molecule has 0 aromatic heterocycles. The van der Waals surface area contributed by atoms with Crippen LogP contribution in [-0.2, 0) is 9.53 Å². The van der Waals surface area contributed by atoms with Gasteiger partial charge >= 0.3 is 0 Å². The lowest BCUT2D eigenvalue weighted by molar-refractivity contribution is -0.131. The molecule has 2 saturated heterocycles. The zero-order valence-electron chi connectivity index (χ0n) is 6.04. The van der Waals surface area contributed by atoms with Crippen LogP contribution in [0.1, 0.15) is 13.3 Å². The second-order valence-electron chi connectivity index (χ2n) is 2.99. The maximum absolute atomic E-state index is 11.2. The number of amides is 1. The standard InChI is InChI=1S/C7H11NO2/c1-5-4-6-8(7(5)9)2-3-10-6/h5-6H,2-4H2,1H3/t5?,6-/m1/s1. The van der Waals surface area contributed by atoms with Crippen molar-refractivity contribution in [2.75, 3.05) is 13.2 Å². The number of nitrogens with zero attached hydrogens (tertiary/aromatic N) is 1. The molecule has 1 amide bonds. The molecule has 0 aromatic carbocycles. The highest BCUT2D eigenvalue weighted by atomic mass is 16.5. The fourth-order valence-corrected chi connectivity index (χ4v) is 1.65. The molecule has 0 saturated carbocycles. The Kier molecular flexibility index (Phi) is 1.20. The minimum atomic E-state index is 0.113. The molecule has 3 heteroatoms. The molecule has 2 heterocycles. The summed E-state index contributed by atoms with van der Waals surface area (Å²) in [6.07, 6.45) is 1.00. The Labute approximate surface area is 60.0 Å². The van der Waals surface area contributed by atoms with E-state index in [0.717, 1.165) is 19.6 Å². The maximum Gasteiger partial charge on any atom is 0.227 e. The average Bonchev–Trinajstić information content (AvgIpc) is 2.41. The van der Waals surface area contributed by atoms with Crippen molar-refractivity contribution < 1.29 is 9.53 Å². The summed E-state index contributed by atoms with van der Waals surface area (Å²) in [6.45, 7) is 3.49. The maximum atomic E-state index is 11.2. The van der Waals surface area contributed by atoms with Crippen LogP contribution in [0.15, 0.2) is 0 Å². The fourth-order valence-electron chi connectivity index (χ4n) is 1.65. The highest BCUT2D eigenvalue weighted by Gasteiger charge is 2.40. The molecule has 56 valence electrons. The van der Waals surface area contributed by atoms with Gasteiger partial charge in [0.05, 0.1) is 6.61 Å². The predicted octanol–water partition coefficient (Wildman–Crippen LogP) is 0.211. The van der Waals surface area contributed by atoms with E-state index in [4.69, 9.17) is 4.74 Å². The van der Waals surface area contributed by atoms with E-state index in [1.54, 1.807) is 0 Å². The number of hydrogen-bond donors (Lipinski definition) is 0. The molecule has 0 N–H and O–H groups in total. The van der Waals surface area contributed by atoms with Gasteiger partial charge in [-0.2, -0.15) is 0 Å². The van der Waals surface area contributed by atoms with Crippen LogP contribution < -0.4 is 0 Å². The number of fused-ring (bicyclic) bond motifs is 1. The summed E-state index contributed by atoms with van der Waals surface area (Å²) < 4.78 is 5.32. The van der Waals surface area contributed by atoms with Crippen LogP contribution in [0.5, 0.6) is 0 Å². The molecule has 0 bridgehead atoms. The summed E-state index contributed by atoms with van der Waals surface area (Å²) in [5.41, 5.74) is 0. The highest BCUT2D eigenvalue weighted by Crippen LogP contribution is 2.27. The van der Waals surface area contributed by atoms with E-state index in [-0.39, 0.29) is 18.1 Å². The second-order valence-corrected chi connectivity index (χ2v) is 2.99. The number of hydrogen-bond acceptors (Lipinski definition) is 2. The van der Waals surface area contributed by atoms with Gasteiger partial charge in [0.25, 0.3) is 0 Å². The lowest BCUT2D eigenvalue weighted by atomic mass is 10.1. The highest BCUT2D eigenvalue weighted by molar-refractivity contribution is 5.81. The molecule has 10 heavy (non-hydrogen) atoms. The van der Waals surface area contributed by atoms with Crippen molar-refractivity contribution in [3.8, 4) is 0 Å². The monoisotopic (exact) mass is 141 g/mol. The molecule has 0 aromatic rings. The van der Waals surface area contributed by atoms with E-state index in [9.17, 15) is 4.79 Å². The Morgan fingerprint density at radius 1 is 1.70 bits per heavy atom. The van der Waals surface area contributed by atoms with Gasteiger partial charge in [0, 0.05) is 18.9 Å². The third kappa shape index (κ3) is 0.669. The van der Waals surface area contributed by atoms with Crippen LogP contribution >= 0.6 is 0 Å². The molecule has 0 aliphatic carbocycles. The Morgan fingerprint density at radius 2 is 2.50 bits per heavy atom. The van der Waals surface area contributed by atoms with Gasteiger partial charge < -0.3 is 9.64 Å². The molecule has 3 nitrogen and oxygen atoms in total. The molecular weight excluding hydrogens is 130 g/mol. The second kappa shape index (κ2) is 1.95. The first-order valence-electron chi connectivity index (χ1n) is 3.71. The first kappa shape index (κ1) is 6.16. The van der Waals surface area contributed by atoms with Gasteiger partial charge in [-0.25, -0.2) is 0 Å². The van der Waals surface area contributed by atoms with Crippen LogP contribution in [0.4, 0.5) is 0 Å². The van der Waals surface area contributed by atoms with Crippen molar-refractivity contribution in [1.29, 1.82) is 0 Å². The third-order valence-electron chi connectivity index (χ3n) is 2.25. The first-order valence-corrected chi connectivity index (χ1v) is 3.71. The third-order valence-corrected chi connectivity index (χ3v) is 2.25. The zero-order valence-corrected chi connectivity index (χ0v) is 6.04. The van der Waals surface area contributed by atoms with E-state index < -0.39 is 0 Å². The largest absolute Gasteiger partial charge is 0.356 e. The van der Waals surface area contributed by atoms with Gasteiger partial charge in [0.2, 0.25) is 5.91 Å². The van der Waals surface area contributed by atoms with Crippen LogP contribution in [0.25, 0.3) is 0 Å².